The number of hydrogen-bond acceptors (Lipinski definition) is 7. The molecule has 2 amide bonds. The fourth-order valence-electron chi connectivity index (χ4n) is 2.42. The smallest absolute Gasteiger partial charge is 0.426 e. The average Bonchev–Trinajstić information content (AvgIpc) is 2.69. The molecule has 0 bridgehead atoms. The lowest BCUT2D eigenvalue weighted by Gasteiger charge is -2.19. The molecule has 0 aliphatic rings. The first-order valence-electron chi connectivity index (χ1n) is 9.39. The monoisotopic (exact) mass is 428 g/mol. The van der Waals surface area contributed by atoms with Gasteiger partial charge in [-0.15, -0.1) is 5.11 Å². The topological polar surface area (TPSA) is 150 Å². The minimum absolute atomic E-state index is 0.0133. The van der Waals surface area contributed by atoms with Gasteiger partial charge in [0.25, 0.3) is 0 Å². The van der Waals surface area contributed by atoms with Crippen LogP contribution in [-0.2, 0) is 16.0 Å². The maximum Gasteiger partial charge on any atom is 0.426 e. The molecule has 0 aliphatic heterocycles. The number of carboxylic acid groups (broad SMARTS) is 1. The van der Waals surface area contributed by atoms with Crippen molar-refractivity contribution < 1.29 is 29.3 Å². The number of nitrogens with zero attached hydrogens (tertiary/aromatic N) is 2. The molecule has 0 aliphatic carbocycles. The number of phenols is 1. The van der Waals surface area contributed by atoms with E-state index in [0.717, 1.165) is 0 Å². The van der Waals surface area contributed by atoms with Crippen LogP contribution in [0, 0.1) is 0 Å². The zero-order chi connectivity index (χ0) is 23.0. The van der Waals surface area contributed by atoms with Crippen LogP contribution in [0.1, 0.15) is 43.1 Å². The van der Waals surface area contributed by atoms with Crippen molar-refractivity contribution in [1.29, 1.82) is 0 Å². The molecule has 2 aromatic rings. The van der Waals surface area contributed by atoms with E-state index in [0.29, 0.717) is 11.3 Å². The van der Waals surface area contributed by atoms with Crippen LogP contribution in [0.15, 0.2) is 52.7 Å². The number of aromatic carboxylic acids is 1. The number of amides is 2. The number of hydrogen-bond donors (Lipinski definition) is 4. The molecule has 0 unspecified atom stereocenters. The van der Waals surface area contributed by atoms with E-state index in [1.807, 2.05) is 0 Å². The molecule has 31 heavy (non-hydrogen) atoms. The summed E-state index contributed by atoms with van der Waals surface area (Å²) >= 11 is 0. The van der Waals surface area contributed by atoms with Gasteiger partial charge in [-0.1, -0.05) is 12.1 Å². The zero-order valence-electron chi connectivity index (χ0n) is 17.4. The number of aromatic hydroxyl groups is 1. The highest BCUT2D eigenvalue weighted by Crippen LogP contribution is 2.27. The Hall–Kier alpha value is -3.95. The van der Waals surface area contributed by atoms with E-state index in [1.165, 1.54) is 30.3 Å². The number of hydrazine groups is 1. The lowest BCUT2D eigenvalue weighted by molar-refractivity contribution is -0.122. The van der Waals surface area contributed by atoms with Crippen LogP contribution < -0.4 is 10.9 Å². The molecule has 4 N–H and O–H groups in total. The Morgan fingerprint density at radius 1 is 1.03 bits per heavy atom. The van der Waals surface area contributed by atoms with Gasteiger partial charge in [-0.2, -0.15) is 5.11 Å². The van der Waals surface area contributed by atoms with Gasteiger partial charge < -0.3 is 14.9 Å². The Morgan fingerprint density at radius 2 is 1.74 bits per heavy atom. The van der Waals surface area contributed by atoms with Gasteiger partial charge >= 0.3 is 12.1 Å². The minimum Gasteiger partial charge on any atom is -0.508 e. The van der Waals surface area contributed by atoms with Crippen molar-refractivity contribution in [2.24, 2.45) is 10.2 Å². The van der Waals surface area contributed by atoms with E-state index in [1.54, 1.807) is 32.9 Å². The number of nitrogens with one attached hydrogen (secondary N) is 2. The SMILES string of the molecule is CC(C)(C)OC(=O)NNC(=O)CCc1cc(N=Nc2ccccc2C(=O)O)ccc1O. The summed E-state index contributed by atoms with van der Waals surface area (Å²) in [6, 6.07) is 10.6. The minimum atomic E-state index is -1.12. The van der Waals surface area contributed by atoms with Gasteiger partial charge in [0.2, 0.25) is 5.91 Å². The second-order valence-corrected chi connectivity index (χ2v) is 7.51. The fourth-order valence-corrected chi connectivity index (χ4v) is 2.42. The first-order valence-corrected chi connectivity index (χ1v) is 9.39. The standard InChI is InChI=1S/C21H24N4O6/c1-21(2,3)31-20(30)25-24-18(27)11-8-13-12-14(9-10-17(13)26)22-23-16-7-5-4-6-15(16)19(28)29/h4-7,9-10,12,26H,8,11H2,1-3H3,(H,24,27)(H,25,30)(H,28,29). The molecule has 10 heteroatoms. The second-order valence-electron chi connectivity index (χ2n) is 7.51. The van der Waals surface area contributed by atoms with E-state index in [2.05, 4.69) is 21.1 Å². The number of benzene rings is 2. The Morgan fingerprint density at radius 3 is 2.42 bits per heavy atom. The van der Waals surface area contributed by atoms with Crippen molar-refractivity contribution in [3.05, 3.63) is 53.6 Å². The highest BCUT2D eigenvalue weighted by Gasteiger charge is 2.16. The normalized spacial score (nSPS) is 11.2. The summed E-state index contributed by atoms with van der Waals surface area (Å²) in [6.45, 7) is 5.09. The maximum atomic E-state index is 11.9. The molecular weight excluding hydrogens is 404 g/mol. The molecule has 10 nitrogen and oxygen atoms in total. The largest absolute Gasteiger partial charge is 0.508 e. The number of carbonyl (C=O) groups excluding carboxylic acids is 2. The summed E-state index contributed by atoms with van der Waals surface area (Å²) in [7, 11) is 0. The Labute approximate surface area is 178 Å². The Kier molecular flexibility index (Phi) is 7.67. The lowest BCUT2D eigenvalue weighted by atomic mass is 10.1. The van der Waals surface area contributed by atoms with Crippen molar-refractivity contribution in [2.45, 2.75) is 39.2 Å². The third-order valence-electron chi connectivity index (χ3n) is 3.80. The van der Waals surface area contributed by atoms with Crippen LogP contribution in [0.4, 0.5) is 16.2 Å². The highest BCUT2D eigenvalue weighted by molar-refractivity contribution is 5.93. The number of ether oxygens (including phenoxy) is 1. The van der Waals surface area contributed by atoms with Gasteiger partial charge in [0.1, 0.15) is 17.0 Å². The summed E-state index contributed by atoms with van der Waals surface area (Å²) in [5.41, 5.74) is 4.71. The van der Waals surface area contributed by atoms with E-state index >= 15 is 0 Å². The molecule has 0 aromatic heterocycles. The molecule has 0 saturated heterocycles. The number of carboxylic acids is 1. The summed E-state index contributed by atoms with van der Waals surface area (Å²) < 4.78 is 5.01. The molecule has 0 saturated carbocycles. The molecule has 164 valence electrons. The summed E-state index contributed by atoms with van der Waals surface area (Å²) in [5.74, 6) is -1.63. The van der Waals surface area contributed by atoms with Crippen LogP contribution in [0.2, 0.25) is 0 Å². The van der Waals surface area contributed by atoms with E-state index in [4.69, 9.17) is 4.74 Å². The summed E-state index contributed by atoms with van der Waals surface area (Å²) in [4.78, 5) is 34.7. The number of phenolic OH excluding ortho intramolecular Hbond substituents is 1. The molecule has 0 heterocycles. The lowest BCUT2D eigenvalue weighted by Crippen LogP contribution is -2.44. The van der Waals surface area contributed by atoms with Crippen LogP contribution in [-0.4, -0.2) is 33.8 Å². The zero-order valence-corrected chi connectivity index (χ0v) is 17.4. The molecule has 0 radical (unpaired) electrons. The molecule has 2 rings (SSSR count). The third-order valence-corrected chi connectivity index (χ3v) is 3.80. The van der Waals surface area contributed by atoms with Gasteiger partial charge in [-0.3, -0.25) is 10.2 Å². The fraction of sp³-hybridized carbons (Fsp3) is 0.286. The van der Waals surface area contributed by atoms with Crippen LogP contribution in [0.25, 0.3) is 0 Å². The Balaban J connectivity index is 1.98. The third kappa shape index (κ3) is 7.77. The van der Waals surface area contributed by atoms with Crippen molar-refractivity contribution in [3.63, 3.8) is 0 Å². The first kappa shape index (κ1) is 23.3. The van der Waals surface area contributed by atoms with E-state index < -0.39 is 23.6 Å². The summed E-state index contributed by atoms with van der Waals surface area (Å²) in [6.07, 6.45) is -0.637. The average molecular weight is 428 g/mol. The maximum absolute atomic E-state index is 11.9. The predicted octanol–water partition coefficient (Wildman–Crippen LogP) is 3.99. The molecule has 0 fully saturated rings. The highest BCUT2D eigenvalue weighted by atomic mass is 16.6. The number of aryl methyl sites for hydroxylation is 1. The van der Waals surface area contributed by atoms with Crippen molar-refractivity contribution in [3.8, 4) is 5.75 Å². The molecule has 2 aromatic carbocycles. The number of carbonyl (C=O) groups is 3. The van der Waals surface area contributed by atoms with Gasteiger partial charge in [0.05, 0.1) is 11.3 Å². The van der Waals surface area contributed by atoms with Crippen molar-refractivity contribution in [2.75, 3.05) is 0 Å². The Bertz CT molecular complexity index is 998. The number of azo groups is 1. The predicted molar refractivity (Wildman–Crippen MR) is 112 cm³/mol. The van der Waals surface area contributed by atoms with Crippen LogP contribution in [0.5, 0.6) is 5.75 Å². The molecule has 0 spiro atoms. The van der Waals surface area contributed by atoms with Crippen molar-refractivity contribution in [1.82, 2.24) is 10.9 Å². The number of rotatable bonds is 6. The molecule has 0 atom stereocenters. The van der Waals surface area contributed by atoms with Crippen molar-refractivity contribution >= 4 is 29.3 Å². The van der Waals surface area contributed by atoms with Gasteiger partial charge in [-0.25, -0.2) is 15.0 Å². The van der Waals surface area contributed by atoms with Crippen LogP contribution >= 0.6 is 0 Å². The molecular formula is C21H24N4O6. The van der Waals surface area contributed by atoms with Gasteiger partial charge in [-0.05, 0) is 63.1 Å². The quantitative estimate of drug-likeness (QED) is 0.403. The van der Waals surface area contributed by atoms with E-state index in [9.17, 15) is 24.6 Å². The first-order chi connectivity index (χ1) is 14.5. The summed E-state index contributed by atoms with van der Waals surface area (Å²) in [5, 5.41) is 27.2. The van der Waals surface area contributed by atoms with Gasteiger partial charge in [0.15, 0.2) is 0 Å². The van der Waals surface area contributed by atoms with Gasteiger partial charge in [0, 0.05) is 6.42 Å². The van der Waals surface area contributed by atoms with E-state index in [-0.39, 0.29) is 29.8 Å². The second kappa shape index (κ2) is 10.2. The van der Waals surface area contributed by atoms with Crippen LogP contribution in [0.3, 0.4) is 0 Å².